The average Bonchev–Trinajstić information content (AvgIpc) is 2.95. The largest absolute Gasteiger partial charge is 0.416 e. The Kier molecular flexibility index (Phi) is 3.49. The predicted molar refractivity (Wildman–Crippen MR) is 82.2 cm³/mol. The zero-order valence-electron chi connectivity index (χ0n) is 11.8. The van der Waals surface area contributed by atoms with Crippen LogP contribution in [0, 0.1) is 11.3 Å². The highest BCUT2D eigenvalue weighted by Gasteiger charge is 2.30. The lowest BCUT2D eigenvalue weighted by atomic mass is 10.0. The molecule has 0 unspecified atom stereocenters. The van der Waals surface area contributed by atoms with E-state index < -0.39 is 11.7 Å². The minimum atomic E-state index is -4.44. The van der Waals surface area contributed by atoms with E-state index in [1.165, 1.54) is 29.9 Å². The number of fused-ring (bicyclic) bond motifs is 1. The molecule has 0 N–H and O–H groups in total. The van der Waals surface area contributed by atoms with Gasteiger partial charge < -0.3 is 4.57 Å². The molecule has 1 aromatic carbocycles. The molecule has 0 fully saturated rings. The number of alkyl halides is 3. The zero-order valence-corrected chi connectivity index (χ0v) is 12.6. The Morgan fingerprint density at radius 2 is 2.00 bits per heavy atom. The SMILES string of the molecule is Cn1cc(-c2cccc(C(F)(F)F)c2)c2sc(C#N)cc2c1=O. The van der Waals surface area contributed by atoms with E-state index in [2.05, 4.69) is 0 Å². The number of rotatable bonds is 1. The van der Waals surface area contributed by atoms with Gasteiger partial charge in [0.05, 0.1) is 15.6 Å². The van der Waals surface area contributed by atoms with Crippen LogP contribution in [-0.2, 0) is 13.2 Å². The van der Waals surface area contributed by atoms with Gasteiger partial charge in [0, 0.05) is 18.8 Å². The number of aryl methyl sites for hydroxylation is 1. The number of hydrogen-bond donors (Lipinski definition) is 0. The van der Waals surface area contributed by atoms with Crippen LogP contribution < -0.4 is 5.56 Å². The van der Waals surface area contributed by atoms with Gasteiger partial charge in [0.15, 0.2) is 0 Å². The van der Waals surface area contributed by atoms with Gasteiger partial charge in [0.2, 0.25) is 0 Å². The van der Waals surface area contributed by atoms with Crippen molar-refractivity contribution < 1.29 is 13.2 Å². The summed E-state index contributed by atoms with van der Waals surface area (Å²) in [7, 11) is 1.53. The van der Waals surface area contributed by atoms with Gasteiger partial charge in [0.25, 0.3) is 5.56 Å². The lowest BCUT2D eigenvalue weighted by molar-refractivity contribution is -0.137. The fourth-order valence-electron chi connectivity index (χ4n) is 2.37. The first-order valence-corrected chi connectivity index (χ1v) is 7.34. The van der Waals surface area contributed by atoms with Gasteiger partial charge in [-0.25, -0.2) is 0 Å². The predicted octanol–water partition coefficient (Wildman–Crippen LogP) is 4.16. The molecule has 0 aliphatic rings. The first-order valence-electron chi connectivity index (χ1n) is 6.52. The second-order valence-electron chi connectivity index (χ2n) is 5.00. The van der Waals surface area contributed by atoms with Crippen LogP contribution in [-0.4, -0.2) is 4.57 Å². The molecule has 2 heterocycles. The third-order valence-electron chi connectivity index (χ3n) is 3.46. The molecule has 0 spiro atoms. The number of halogens is 3. The number of thiophene rings is 1. The average molecular weight is 334 g/mol. The standard InChI is InChI=1S/C16H9F3N2OS/c1-21-8-13(9-3-2-4-10(5-9)16(17,18)19)14-12(15(21)22)6-11(7-20)23-14/h2-6,8H,1H3. The third kappa shape index (κ3) is 2.62. The van der Waals surface area contributed by atoms with Gasteiger partial charge in [-0.2, -0.15) is 18.4 Å². The Morgan fingerprint density at radius 3 is 2.65 bits per heavy atom. The van der Waals surface area contributed by atoms with Crippen molar-refractivity contribution in [1.29, 1.82) is 5.26 Å². The normalized spacial score (nSPS) is 11.6. The summed E-state index contributed by atoms with van der Waals surface area (Å²) >= 11 is 1.10. The van der Waals surface area contributed by atoms with Gasteiger partial charge in [-0.1, -0.05) is 12.1 Å². The molecule has 0 saturated carbocycles. The van der Waals surface area contributed by atoms with E-state index in [0.29, 0.717) is 26.1 Å². The second kappa shape index (κ2) is 5.25. The second-order valence-corrected chi connectivity index (χ2v) is 6.05. The van der Waals surface area contributed by atoms with Crippen molar-refractivity contribution in [2.24, 2.45) is 7.05 Å². The van der Waals surface area contributed by atoms with Crippen molar-refractivity contribution in [3.05, 3.63) is 57.3 Å². The molecule has 7 heteroatoms. The summed E-state index contributed by atoms with van der Waals surface area (Å²) in [5.41, 5.74) is -0.186. The number of hydrogen-bond acceptors (Lipinski definition) is 3. The molecule has 3 aromatic rings. The highest BCUT2D eigenvalue weighted by atomic mass is 32.1. The summed E-state index contributed by atoms with van der Waals surface area (Å²) in [6.45, 7) is 0. The number of nitriles is 1. The summed E-state index contributed by atoms with van der Waals surface area (Å²) in [5, 5.41) is 9.35. The minimum Gasteiger partial charge on any atom is -0.317 e. The van der Waals surface area contributed by atoms with E-state index in [1.54, 1.807) is 6.07 Å². The van der Waals surface area contributed by atoms with E-state index in [9.17, 15) is 18.0 Å². The van der Waals surface area contributed by atoms with Crippen LogP contribution in [0.5, 0.6) is 0 Å². The van der Waals surface area contributed by atoms with Crippen LogP contribution in [0.4, 0.5) is 13.2 Å². The first kappa shape index (κ1) is 15.3. The summed E-state index contributed by atoms with van der Waals surface area (Å²) in [6, 6.07) is 8.37. The molecule has 0 saturated heterocycles. The van der Waals surface area contributed by atoms with Crippen LogP contribution in [0.3, 0.4) is 0 Å². The van der Waals surface area contributed by atoms with E-state index in [-0.39, 0.29) is 5.56 Å². The maximum atomic E-state index is 12.9. The van der Waals surface area contributed by atoms with Crippen LogP contribution in [0.15, 0.2) is 41.3 Å². The summed E-state index contributed by atoms with van der Waals surface area (Å²) in [5.74, 6) is 0. The number of pyridine rings is 1. The lowest BCUT2D eigenvalue weighted by Gasteiger charge is -2.10. The third-order valence-corrected chi connectivity index (χ3v) is 4.53. The van der Waals surface area contributed by atoms with Crippen molar-refractivity contribution in [3.63, 3.8) is 0 Å². The first-order chi connectivity index (χ1) is 10.8. The van der Waals surface area contributed by atoms with Gasteiger partial charge in [0.1, 0.15) is 10.9 Å². The van der Waals surface area contributed by atoms with Gasteiger partial charge in [-0.05, 0) is 23.8 Å². The molecule has 0 aliphatic carbocycles. The van der Waals surface area contributed by atoms with Crippen LogP contribution >= 0.6 is 11.3 Å². The monoisotopic (exact) mass is 334 g/mol. The molecule has 3 nitrogen and oxygen atoms in total. The zero-order chi connectivity index (χ0) is 16.8. The quantitative estimate of drug-likeness (QED) is 0.671. The van der Waals surface area contributed by atoms with Crippen molar-refractivity contribution in [2.45, 2.75) is 6.18 Å². The number of nitrogens with zero attached hydrogens (tertiary/aromatic N) is 2. The van der Waals surface area contributed by atoms with Gasteiger partial charge in [-0.15, -0.1) is 11.3 Å². The summed E-state index contributed by atoms with van der Waals surface area (Å²) in [4.78, 5) is 12.5. The van der Waals surface area contributed by atoms with Crippen molar-refractivity contribution >= 4 is 21.4 Å². The van der Waals surface area contributed by atoms with E-state index in [4.69, 9.17) is 5.26 Å². The maximum Gasteiger partial charge on any atom is 0.416 e. The molecular formula is C16H9F3N2OS. The smallest absolute Gasteiger partial charge is 0.317 e. The van der Waals surface area contributed by atoms with Crippen molar-refractivity contribution in [2.75, 3.05) is 0 Å². The van der Waals surface area contributed by atoms with Crippen LogP contribution in [0.1, 0.15) is 10.4 Å². The Labute approximate surface area is 132 Å². The molecule has 0 atom stereocenters. The summed E-state index contributed by atoms with van der Waals surface area (Å²) in [6.07, 6.45) is -2.94. The highest BCUT2D eigenvalue weighted by molar-refractivity contribution is 7.20. The fraction of sp³-hybridized carbons (Fsp3) is 0.125. The molecule has 2 aromatic heterocycles. The Balaban J connectivity index is 2.33. The number of aromatic nitrogens is 1. The minimum absolute atomic E-state index is 0.284. The number of benzene rings is 1. The van der Waals surface area contributed by atoms with Crippen LogP contribution in [0.2, 0.25) is 0 Å². The van der Waals surface area contributed by atoms with Crippen LogP contribution in [0.25, 0.3) is 21.2 Å². The lowest BCUT2D eigenvalue weighted by Crippen LogP contribution is -2.15. The van der Waals surface area contributed by atoms with Gasteiger partial charge in [-0.3, -0.25) is 4.79 Å². The molecule has 0 radical (unpaired) electrons. The molecule has 0 bridgehead atoms. The van der Waals surface area contributed by atoms with Crippen molar-refractivity contribution in [1.82, 2.24) is 4.57 Å². The molecule has 116 valence electrons. The van der Waals surface area contributed by atoms with Crippen molar-refractivity contribution in [3.8, 4) is 17.2 Å². The molecule has 0 amide bonds. The van der Waals surface area contributed by atoms with E-state index in [1.807, 2.05) is 6.07 Å². The molecular weight excluding hydrogens is 325 g/mol. The molecule has 3 rings (SSSR count). The molecule has 23 heavy (non-hydrogen) atoms. The Morgan fingerprint density at radius 1 is 1.26 bits per heavy atom. The van der Waals surface area contributed by atoms with Gasteiger partial charge >= 0.3 is 6.18 Å². The fourth-order valence-corrected chi connectivity index (χ4v) is 3.35. The maximum absolute atomic E-state index is 12.9. The molecule has 0 aliphatic heterocycles. The Bertz CT molecular complexity index is 1010. The highest BCUT2D eigenvalue weighted by Crippen LogP contribution is 2.36. The van der Waals surface area contributed by atoms with E-state index in [0.717, 1.165) is 23.5 Å². The topological polar surface area (TPSA) is 45.8 Å². The van der Waals surface area contributed by atoms with E-state index >= 15 is 0 Å². The Hall–Kier alpha value is -2.59. The summed E-state index contributed by atoms with van der Waals surface area (Å²) < 4.78 is 40.5.